The molecule has 0 radical (unpaired) electrons. The Hall–Kier alpha value is -1.16. The van der Waals surface area contributed by atoms with E-state index in [9.17, 15) is 8.78 Å². The quantitative estimate of drug-likeness (QED) is 0.854. The normalized spacial score (nSPS) is 16.4. The minimum atomic E-state index is -2.27. The van der Waals surface area contributed by atoms with E-state index >= 15 is 0 Å². The zero-order valence-corrected chi connectivity index (χ0v) is 12.3. The summed E-state index contributed by atoms with van der Waals surface area (Å²) in [7, 11) is 0. The first-order valence-electron chi connectivity index (χ1n) is 7.51. The van der Waals surface area contributed by atoms with Crippen molar-refractivity contribution in [1.29, 1.82) is 0 Å². The average molecular weight is 282 g/mol. The fraction of sp³-hybridized carbons (Fsp3) is 0.625. The van der Waals surface area contributed by atoms with Gasteiger partial charge in [0.05, 0.1) is 6.54 Å². The predicted octanol–water partition coefficient (Wildman–Crippen LogP) is 3.76. The summed E-state index contributed by atoms with van der Waals surface area (Å²) in [4.78, 5) is 1.82. The van der Waals surface area contributed by atoms with E-state index in [2.05, 4.69) is 31.3 Å². The summed E-state index contributed by atoms with van der Waals surface area (Å²) in [6.07, 6.45) is 0.784. The molecule has 0 amide bonds. The van der Waals surface area contributed by atoms with E-state index in [0.29, 0.717) is 6.04 Å². The highest BCUT2D eigenvalue weighted by molar-refractivity contribution is 5.57. The van der Waals surface area contributed by atoms with Gasteiger partial charge in [-0.2, -0.15) is 0 Å². The molecule has 1 heterocycles. The molecule has 1 aromatic rings. The molecule has 0 saturated carbocycles. The molecule has 1 aliphatic rings. The van der Waals surface area contributed by atoms with Crippen molar-refractivity contribution in [1.82, 2.24) is 5.32 Å². The molecule has 0 aliphatic carbocycles. The van der Waals surface area contributed by atoms with Gasteiger partial charge in [0.25, 0.3) is 6.43 Å². The van der Waals surface area contributed by atoms with Crippen LogP contribution in [-0.2, 0) is 6.42 Å². The number of halogens is 2. The molecular weight excluding hydrogens is 258 g/mol. The molecule has 1 aliphatic heterocycles. The van der Waals surface area contributed by atoms with Crippen LogP contribution in [0.3, 0.4) is 0 Å². The van der Waals surface area contributed by atoms with Crippen molar-refractivity contribution < 1.29 is 8.78 Å². The average Bonchev–Trinajstić information content (AvgIpc) is 2.44. The molecule has 0 fully saturated rings. The zero-order chi connectivity index (χ0) is 14.5. The van der Waals surface area contributed by atoms with Crippen molar-refractivity contribution in [2.45, 2.75) is 45.6 Å². The van der Waals surface area contributed by atoms with Gasteiger partial charge in [-0.3, -0.25) is 0 Å². The second-order valence-corrected chi connectivity index (χ2v) is 5.50. The molecule has 4 heteroatoms. The van der Waals surface area contributed by atoms with Gasteiger partial charge in [0.2, 0.25) is 0 Å². The van der Waals surface area contributed by atoms with Crippen molar-refractivity contribution in [3.8, 4) is 0 Å². The minimum Gasteiger partial charge on any atom is -0.366 e. The van der Waals surface area contributed by atoms with Gasteiger partial charge in [0.15, 0.2) is 0 Å². The van der Waals surface area contributed by atoms with Gasteiger partial charge in [-0.05, 0) is 49.9 Å². The lowest BCUT2D eigenvalue weighted by molar-refractivity contribution is 0.154. The standard InChI is InChI=1S/C16H24F2N2/c1-3-8-19-12(2)13-6-7-15-14(10-13)5-4-9-20(15)11-16(17)18/h6-7,10,12,16,19H,3-5,8-9,11H2,1-2H3. The molecule has 0 aromatic heterocycles. The van der Waals surface area contributed by atoms with Crippen molar-refractivity contribution >= 4 is 5.69 Å². The Morgan fingerprint density at radius 1 is 1.35 bits per heavy atom. The Balaban J connectivity index is 2.14. The lowest BCUT2D eigenvalue weighted by atomic mass is 9.97. The van der Waals surface area contributed by atoms with Crippen LogP contribution >= 0.6 is 0 Å². The van der Waals surface area contributed by atoms with Crippen LogP contribution in [0.25, 0.3) is 0 Å². The summed E-state index contributed by atoms with van der Waals surface area (Å²) in [5.41, 5.74) is 3.44. The second-order valence-electron chi connectivity index (χ2n) is 5.50. The molecule has 1 aromatic carbocycles. The number of nitrogens with one attached hydrogen (secondary N) is 1. The molecule has 1 unspecified atom stereocenters. The highest BCUT2D eigenvalue weighted by Crippen LogP contribution is 2.30. The van der Waals surface area contributed by atoms with E-state index in [1.165, 1.54) is 11.1 Å². The highest BCUT2D eigenvalue weighted by Gasteiger charge is 2.20. The number of anilines is 1. The molecule has 0 bridgehead atoms. The van der Waals surface area contributed by atoms with Gasteiger partial charge >= 0.3 is 0 Å². The Bertz CT molecular complexity index is 434. The maximum absolute atomic E-state index is 12.6. The van der Waals surface area contributed by atoms with E-state index in [4.69, 9.17) is 0 Å². The van der Waals surface area contributed by atoms with Gasteiger partial charge < -0.3 is 10.2 Å². The number of fused-ring (bicyclic) bond motifs is 1. The molecule has 2 rings (SSSR count). The predicted molar refractivity (Wildman–Crippen MR) is 79.7 cm³/mol. The van der Waals surface area contributed by atoms with E-state index < -0.39 is 6.43 Å². The van der Waals surface area contributed by atoms with Crippen molar-refractivity contribution in [3.63, 3.8) is 0 Å². The number of rotatable bonds is 6. The van der Waals surface area contributed by atoms with Gasteiger partial charge in [-0.25, -0.2) is 8.78 Å². The first-order chi connectivity index (χ1) is 9.61. The van der Waals surface area contributed by atoms with E-state index in [-0.39, 0.29) is 6.54 Å². The van der Waals surface area contributed by atoms with E-state index in [1.54, 1.807) is 0 Å². The Morgan fingerprint density at radius 3 is 2.85 bits per heavy atom. The number of benzene rings is 1. The summed E-state index contributed by atoms with van der Waals surface area (Å²) in [6, 6.07) is 6.57. The van der Waals surface area contributed by atoms with Crippen LogP contribution in [0.2, 0.25) is 0 Å². The molecule has 2 nitrogen and oxygen atoms in total. The number of alkyl halides is 2. The molecule has 1 atom stereocenters. The van der Waals surface area contributed by atoms with Crippen LogP contribution in [0, 0.1) is 0 Å². The Morgan fingerprint density at radius 2 is 2.15 bits per heavy atom. The number of nitrogens with zero attached hydrogens (tertiary/aromatic N) is 1. The summed E-state index contributed by atoms with van der Waals surface area (Å²) >= 11 is 0. The molecule has 112 valence electrons. The summed E-state index contributed by atoms with van der Waals surface area (Å²) in [6.45, 7) is 5.87. The van der Waals surface area contributed by atoms with Gasteiger partial charge in [-0.15, -0.1) is 0 Å². The van der Waals surface area contributed by atoms with Gasteiger partial charge in [0, 0.05) is 18.3 Å². The molecule has 20 heavy (non-hydrogen) atoms. The monoisotopic (exact) mass is 282 g/mol. The van der Waals surface area contributed by atoms with Gasteiger partial charge in [-0.1, -0.05) is 19.1 Å². The van der Waals surface area contributed by atoms with Crippen LogP contribution < -0.4 is 10.2 Å². The van der Waals surface area contributed by atoms with Crippen LogP contribution in [0.15, 0.2) is 18.2 Å². The number of aryl methyl sites for hydroxylation is 1. The first-order valence-corrected chi connectivity index (χ1v) is 7.51. The third-order valence-electron chi connectivity index (χ3n) is 3.88. The van der Waals surface area contributed by atoms with Crippen LogP contribution in [0.5, 0.6) is 0 Å². The maximum atomic E-state index is 12.6. The van der Waals surface area contributed by atoms with E-state index in [0.717, 1.165) is 38.0 Å². The van der Waals surface area contributed by atoms with Crippen molar-refractivity contribution in [2.75, 3.05) is 24.5 Å². The second kappa shape index (κ2) is 7.02. The lowest BCUT2D eigenvalue weighted by Crippen LogP contribution is -2.33. The Labute approximate surface area is 120 Å². The third-order valence-corrected chi connectivity index (χ3v) is 3.88. The molecule has 0 saturated heterocycles. The van der Waals surface area contributed by atoms with Crippen molar-refractivity contribution in [2.24, 2.45) is 0 Å². The molecular formula is C16H24F2N2. The fourth-order valence-electron chi connectivity index (χ4n) is 2.80. The summed E-state index contributed by atoms with van der Waals surface area (Å²) in [5, 5.41) is 3.47. The number of hydrogen-bond acceptors (Lipinski definition) is 2. The lowest BCUT2D eigenvalue weighted by Gasteiger charge is -2.31. The first kappa shape index (κ1) is 15.2. The van der Waals surface area contributed by atoms with Crippen molar-refractivity contribution in [3.05, 3.63) is 29.3 Å². The van der Waals surface area contributed by atoms with Crippen LogP contribution in [-0.4, -0.2) is 26.1 Å². The minimum absolute atomic E-state index is 0.157. The van der Waals surface area contributed by atoms with Crippen LogP contribution in [0.4, 0.5) is 14.5 Å². The topological polar surface area (TPSA) is 15.3 Å². The molecule has 0 spiro atoms. The maximum Gasteiger partial charge on any atom is 0.255 e. The largest absolute Gasteiger partial charge is 0.366 e. The highest BCUT2D eigenvalue weighted by atomic mass is 19.3. The summed E-state index contributed by atoms with van der Waals surface area (Å²) < 4.78 is 25.2. The number of hydrogen-bond donors (Lipinski definition) is 1. The van der Waals surface area contributed by atoms with Crippen LogP contribution in [0.1, 0.15) is 43.9 Å². The zero-order valence-electron chi connectivity index (χ0n) is 12.3. The Kier molecular flexibility index (Phi) is 5.35. The van der Waals surface area contributed by atoms with E-state index in [1.807, 2.05) is 11.0 Å². The smallest absolute Gasteiger partial charge is 0.255 e. The summed E-state index contributed by atoms with van der Waals surface area (Å²) in [5.74, 6) is 0. The fourth-order valence-corrected chi connectivity index (χ4v) is 2.80. The van der Waals surface area contributed by atoms with Gasteiger partial charge in [0.1, 0.15) is 0 Å². The SMILES string of the molecule is CCCNC(C)c1ccc2c(c1)CCCN2CC(F)F. The third kappa shape index (κ3) is 3.69. The molecule has 1 N–H and O–H groups in total.